The van der Waals surface area contributed by atoms with E-state index in [0.29, 0.717) is 17.6 Å². The minimum atomic E-state index is -0.293. The summed E-state index contributed by atoms with van der Waals surface area (Å²) in [7, 11) is 0. The molecule has 3 aromatic rings. The van der Waals surface area contributed by atoms with Gasteiger partial charge in [0.2, 0.25) is 0 Å². The Balaban J connectivity index is 1.33. The molecule has 1 atom stereocenters. The highest BCUT2D eigenvalue weighted by molar-refractivity contribution is 7.16. The number of ether oxygens (including phenoxy) is 1. The number of aromatic nitrogens is 3. The number of nitrogens with zero attached hydrogens (tertiary/aromatic N) is 3. The van der Waals surface area contributed by atoms with E-state index >= 15 is 0 Å². The van der Waals surface area contributed by atoms with Crippen LogP contribution in [0.2, 0.25) is 0 Å². The van der Waals surface area contributed by atoms with Gasteiger partial charge in [-0.25, -0.2) is 9.78 Å². The molecular weight excluding hydrogens is 398 g/mol. The SMILES string of the molecule is Cc1nc(NC(=O)NCC(C)OCC2CC2)sc1C#Cc1ccc2nccnc2c1. The lowest BCUT2D eigenvalue weighted by Crippen LogP contribution is -2.35. The van der Waals surface area contributed by atoms with E-state index in [1.807, 2.05) is 32.0 Å². The van der Waals surface area contributed by atoms with Crippen molar-refractivity contribution in [3.63, 3.8) is 0 Å². The molecule has 0 aliphatic heterocycles. The van der Waals surface area contributed by atoms with Crippen molar-refractivity contribution >= 4 is 33.5 Å². The Morgan fingerprint density at radius 1 is 1.27 bits per heavy atom. The van der Waals surface area contributed by atoms with E-state index in [1.54, 1.807) is 12.4 Å². The highest BCUT2D eigenvalue weighted by atomic mass is 32.1. The van der Waals surface area contributed by atoms with E-state index in [4.69, 9.17) is 4.74 Å². The maximum Gasteiger partial charge on any atom is 0.321 e. The second kappa shape index (κ2) is 9.20. The number of hydrogen-bond acceptors (Lipinski definition) is 6. The molecule has 1 aromatic carbocycles. The van der Waals surface area contributed by atoms with Crippen molar-refractivity contribution in [1.29, 1.82) is 0 Å². The summed E-state index contributed by atoms with van der Waals surface area (Å²) < 4.78 is 5.71. The van der Waals surface area contributed by atoms with Crippen molar-refractivity contribution < 1.29 is 9.53 Å². The van der Waals surface area contributed by atoms with Crippen LogP contribution in [0, 0.1) is 24.7 Å². The lowest BCUT2D eigenvalue weighted by Gasteiger charge is -2.13. The maximum absolute atomic E-state index is 12.1. The Hall–Kier alpha value is -3.02. The number of carbonyl (C=O) groups excluding carboxylic acids is 1. The Morgan fingerprint density at radius 3 is 2.87 bits per heavy atom. The van der Waals surface area contributed by atoms with E-state index in [2.05, 4.69) is 37.4 Å². The first-order chi connectivity index (χ1) is 14.6. The van der Waals surface area contributed by atoms with Gasteiger partial charge in [-0.05, 0) is 56.7 Å². The van der Waals surface area contributed by atoms with E-state index < -0.39 is 0 Å². The monoisotopic (exact) mass is 421 g/mol. The molecule has 1 unspecified atom stereocenters. The first-order valence-electron chi connectivity index (χ1n) is 9.93. The van der Waals surface area contributed by atoms with Gasteiger partial charge in [-0.15, -0.1) is 0 Å². The molecule has 8 heteroatoms. The van der Waals surface area contributed by atoms with Crippen LogP contribution in [0.5, 0.6) is 0 Å². The number of urea groups is 1. The van der Waals surface area contributed by atoms with Gasteiger partial charge in [0.05, 0.1) is 22.8 Å². The smallest absolute Gasteiger partial charge is 0.321 e. The molecule has 30 heavy (non-hydrogen) atoms. The second-order valence-corrected chi connectivity index (χ2v) is 8.36. The molecule has 1 fully saturated rings. The Morgan fingerprint density at radius 2 is 2.07 bits per heavy atom. The molecule has 0 radical (unpaired) electrons. The molecule has 1 aliphatic rings. The molecule has 0 spiro atoms. The number of hydrogen-bond donors (Lipinski definition) is 2. The lowest BCUT2D eigenvalue weighted by atomic mass is 10.2. The summed E-state index contributed by atoms with van der Waals surface area (Å²) in [6, 6.07) is 5.43. The van der Waals surface area contributed by atoms with Crippen molar-refractivity contribution in [2.45, 2.75) is 32.8 Å². The molecule has 154 valence electrons. The van der Waals surface area contributed by atoms with Crippen LogP contribution in [0.3, 0.4) is 0 Å². The highest BCUT2D eigenvalue weighted by Gasteiger charge is 2.22. The van der Waals surface area contributed by atoms with Gasteiger partial charge in [-0.1, -0.05) is 17.3 Å². The van der Waals surface area contributed by atoms with Crippen LogP contribution in [0.15, 0.2) is 30.6 Å². The molecule has 7 nitrogen and oxygen atoms in total. The van der Waals surface area contributed by atoms with Gasteiger partial charge in [0.15, 0.2) is 5.13 Å². The van der Waals surface area contributed by atoms with Gasteiger partial charge >= 0.3 is 6.03 Å². The standard InChI is InChI=1S/C22H23N5O2S/c1-14(29-13-17-3-4-17)12-25-21(28)27-22-26-15(2)20(30-22)8-6-16-5-7-18-19(11-16)24-10-9-23-18/h5,7,9-11,14,17H,3-4,12-13H2,1-2H3,(H2,25,26,27,28). The average Bonchev–Trinajstić information content (AvgIpc) is 3.51. The van der Waals surface area contributed by atoms with Gasteiger partial charge in [-0.3, -0.25) is 15.3 Å². The van der Waals surface area contributed by atoms with Gasteiger partial charge in [0.25, 0.3) is 0 Å². The Labute approximate surface area is 179 Å². The Bertz CT molecular complexity index is 1110. The number of fused-ring (bicyclic) bond motifs is 1. The predicted molar refractivity (Wildman–Crippen MR) is 118 cm³/mol. The fourth-order valence-electron chi connectivity index (χ4n) is 2.76. The van der Waals surface area contributed by atoms with Crippen molar-refractivity contribution in [3.05, 3.63) is 46.7 Å². The van der Waals surface area contributed by atoms with Gasteiger partial charge in [0, 0.05) is 31.1 Å². The second-order valence-electron chi connectivity index (χ2n) is 7.37. The molecule has 1 aliphatic carbocycles. The lowest BCUT2D eigenvalue weighted by molar-refractivity contribution is 0.0601. The number of nitrogens with one attached hydrogen (secondary N) is 2. The fourth-order valence-corrected chi connectivity index (χ4v) is 3.57. The van der Waals surface area contributed by atoms with E-state index in [0.717, 1.165) is 33.8 Å². The van der Waals surface area contributed by atoms with E-state index in [-0.39, 0.29) is 12.1 Å². The van der Waals surface area contributed by atoms with Crippen LogP contribution in [-0.2, 0) is 4.74 Å². The van der Waals surface area contributed by atoms with Crippen LogP contribution < -0.4 is 10.6 Å². The number of amides is 2. The van der Waals surface area contributed by atoms with E-state index in [1.165, 1.54) is 24.2 Å². The number of aryl methyl sites for hydroxylation is 1. The normalized spacial score (nSPS) is 14.1. The third-order valence-electron chi connectivity index (χ3n) is 4.67. The molecule has 2 heterocycles. The minimum Gasteiger partial charge on any atom is -0.376 e. The molecular formula is C22H23N5O2S. The molecule has 2 amide bonds. The maximum atomic E-state index is 12.1. The quantitative estimate of drug-likeness (QED) is 0.592. The summed E-state index contributed by atoms with van der Waals surface area (Å²) >= 11 is 1.35. The molecule has 1 saturated carbocycles. The van der Waals surface area contributed by atoms with Crippen LogP contribution in [0.4, 0.5) is 9.93 Å². The third kappa shape index (κ3) is 5.53. The largest absolute Gasteiger partial charge is 0.376 e. The molecule has 0 bridgehead atoms. The zero-order valence-electron chi connectivity index (χ0n) is 16.9. The summed E-state index contributed by atoms with van der Waals surface area (Å²) in [5.41, 5.74) is 3.27. The molecule has 2 aromatic heterocycles. The number of carbonyl (C=O) groups is 1. The van der Waals surface area contributed by atoms with Gasteiger partial charge < -0.3 is 10.1 Å². The minimum absolute atomic E-state index is 0.0116. The summed E-state index contributed by atoms with van der Waals surface area (Å²) in [6.45, 7) is 5.08. The fraction of sp³-hybridized carbons (Fsp3) is 0.364. The first-order valence-corrected chi connectivity index (χ1v) is 10.7. The van der Waals surface area contributed by atoms with Gasteiger partial charge in [-0.2, -0.15) is 0 Å². The number of thiazole rings is 1. The molecule has 4 rings (SSSR count). The Kier molecular flexibility index (Phi) is 6.21. The summed E-state index contributed by atoms with van der Waals surface area (Å²) in [5, 5.41) is 6.11. The summed E-state index contributed by atoms with van der Waals surface area (Å²) in [5.74, 6) is 6.98. The number of benzene rings is 1. The number of rotatable bonds is 6. The van der Waals surface area contributed by atoms with Gasteiger partial charge in [0.1, 0.15) is 4.88 Å². The van der Waals surface area contributed by atoms with Crippen molar-refractivity contribution in [3.8, 4) is 11.8 Å². The predicted octanol–water partition coefficient (Wildman–Crippen LogP) is 3.73. The van der Waals surface area contributed by atoms with E-state index in [9.17, 15) is 4.79 Å². The molecule has 0 saturated heterocycles. The topological polar surface area (TPSA) is 89.0 Å². The van der Waals surface area contributed by atoms with Crippen molar-refractivity contribution in [1.82, 2.24) is 20.3 Å². The third-order valence-corrected chi connectivity index (χ3v) is 5.66. The highest BCUT2D eigenvalue weighted by Crippen LogP contribution is 2.29. The zero-order chi connectivity index (χ0) is 20.9. The first kappa shape index (κ1) is 20.3. The van der Waals surface area contributed by atoms with Crippen LogP contribution in [-0.4, -0.2) is 40.2 Å². The number of anilines is 1. The van der Waals surface area contributed by atoms with Crippen LogP contribution in [0.25, 0.3) is 11.0 Å². The average molecular weight is 422 g/mol. The summed E-state index contributed by atoms with van der Waals surface area (Å²) in [6.07, 6.45) is 5.83. The zero-order valence-corrected chi connectivity index (χ0v) is 17.8. The van der Waals surface area contributed by atoms with Crippen LogP contribution in [0.1, 0.15) is 35.9 Å². The summed E-state index contributed by atoms with van der Waals surface area (Å²) in [4.78, 5) is 25.9. The van der Waals surface area contributed by atoms with Crippen molar-refractivity contribution in [2.75, 3.05) is 18.5 Å². The van der Waals surface area contributed by atoms with Crippen LogP contribution >= 0.6 is 11.3 Å². The van der Waals surface area contributed by atoms with Crippen molar-refractivity contribution in [2.24, 2.45) is 5.92 Å². The molecule has 2 N–H and O–H groups in total.